The molecule has 5 aliphatic heterocycles. The summed E-state index contributed by atoms with van der Waals surface area (Å²) >= 11 is 2.18. The zero-order valence-corrected chi connectivity index (χ0v) is 21.6. The van der Waals surface area contributed by atoms with Crippen LogP contribution in [-0.4, -0.2) is 104 Å². The van der Waals surface area contributed by atoms with E-state index < -0.39 is 40.5 Å². The number of carboxylic acids is 1. The number of nitrogen functional groups attached to an aromatic ring is 1. The van der Waals surface area contributed by atoms with E-state index in [1.54, 1.807) is 0 Å². The molecule has 4 fully saturated rings. The van der Waals surface area contributed by atoms with Crippen LogP contribution in [0.25, 0.3) is 0 Å². The van der Waals surface area contributed by atoms with Crippen molar-refractivity contribution in [2.75, 3.05) is 49.7 Å². The highest BCUT2D eigenvalue weighted by Crippen LogP contribution is 2.47. The number of hydrogen-bond donors (Lipinski definition) is 4. The van der Waals surface area contributed by atoms with Crippen LogP contribution in [-0.2, 0) is 23.9 Å². The third kappa shape index (κ3) is 3.93. The zero-order valence-electron chi connectivity index (χ0n) is 20.0. The number of methoxy groups -OCH3 is 1. The molecule has 5 aliphatic rings. The molecule has 1 aromatic rings. The fourth-order valence-electron chi connectivity index (χ4n) is 5.83. The van der Waals surface area contributed by atoms with Gasteiger partial charge in [0.25, 0.3) is 11.8 Å². The van der Waals surface area contributed by atoms with E-state index in [0.717, 1.165) is 43.2 Å². The van der Waals surface area contributed by atoms with Gasteiger partial charge in [-0.3, -0.25) is 29.6 Å². The van der Waals surface area contributed by atoms with E-state index in [2.05, 4.69) is 9.36 Å². The maximum Gasteiger partial charge on any atom is 0.352 e. The standard InChI is InChI=1S/C21H26N8O6S2/c1-35-13(22)15(31)28(20-25-19(24)37-26-20)12-14(30)27-11(17(32)33)10(9-36-16(12)27)8-29-5-2-21(3-6-29,4-7-29)18(23)34/h12,16,22H,2-9H2,1H3,(H4-,23,24,25,26,32,33,34)/p+1/t12-,16-,21?,29?/m1/s1. The van der Waals surface area contributed by atoms with E-state index in [1.807, 2.05) is 0 Å². The normalized spacial score (nSPS) is 30.4. The van der Waals surface area contributed by atoms with Crippen molar-refractivity contribution in [2.24, 2.45) is 11.1 Å². The zero-order chi connectivity index (χ0) is 26.7. The molecule has 1 aromatic heterocycles. The molecule has 2 bridgehead atoms. The second-order valence-electron chi connectivity index (χ2n) is 9.82. The molecule has 0 unspecified atom stereocenters. The lowest BCUT2D eigenvalue weighted by molar-refractivity contribution is -0.940. The minimum absolute atomic E-state index is 0.0717. The van der Waals surface area contributed by atoms with E-state index in [9.17, 15) is 24.3 Å². The van der Waals surface area contributed by atoms with Crippen molar-refractivity contribution in [1.29, 1.82) is 5.41 Å². The van der Waals surface area contributed by atoms with Crippen LogP contribution in [0.4, 0.5) is 11.1 Å². The molecule has 0 saturated carbocycles. The van der Waals surface area contributed by atoms with Gasteiger partial charge >= 0.3 is 11.9 Å². The van der Waals surface area contributed by atoms with Crippen LogP contribution in [0.3, 0.4) is 0 Å². The lowest BCUT2D eigenvalue weighted by Gasteiger charge is -2.55. The van der Waals surface area contributed by atoms with Crippen LogP contribution >= 0.6 is 23.3 Å². The topological polar surface area (TPSA) is 206 Å². The molecular weight excluding hydrogens is 524 g/mol. The molecule has 3 amide bonds. The number of amides is 3. The van der Waals surface area contributed by atoms with Gasteiger partial charge in [0.2, 0.25) is 17.0 Å². The molecule has 6 N–H and O–H groups in total. The molecule has 6 rings (SSSR count). The molecule has 14 nitrogen and oxygen atoms in total. The van der Waals surface area contributed by atoms with Gasteiger partial charge in [-0.2, -0.15) is 9.36 Å². The summed E-state index contributed by atoms with van der Waals surface area (Å²) in [6.07, 6.45) is 2.01. The maximum absolute atomic E-state index is 13.4. The summed E-state index contributed by atoms with van der Waals surface area (Å²) in [7, 11) is 1.16. The van der Waals surface area contributed by atoms with Crippen molar-refractivity contribution < 1.29 is 33.5 Å². The Balaban J connectivity index is 1.42. The number of aromatic nitrogens is 2. The first kappa shape index (κ1) is 25.4. The number of fused-ring (bicyclic) bond motifs is 4. The molecular formula is C21H27N8O6S2+. The summed E-state index contributed by atoms with van der Waals surface area (Å²) in [4.78, 5) is 57.0. The molecule has 37 heavy (non-hydrogen) atoms. The number of carbonyl (C=O) groups excluding carboxylic acids is 3. The number of quaternary nitrogens is 1. The van der Waals surface area contributed by atoms with Crippen LogP contribution in [0.5, 0.6) is 0 Å². The number of rotatable bonds is 6. The Kier molecular flexibility index (Phi) is 6.15. The van der Waals surface area contributed by atoms with E-state index in [4.69, 9.17) is 21.6 Å². The van der Waals surface area contributed by atoms with Crippen LogP contribution in [0, 0.1) is 10.8 Å². The van der Waals surface area contributed by atoms with Gasteiger partial charge in [0.1, 0.15) is 23.7 Å². The lowest BCUT2D eigenvalue weighted by atomic mass is 9.70. The lowest BCUT2D eigenvalue weighted by Crippen LogP contribution is -2.73. The molecule has 6 heterocycles. The SMILES string of the molecule is COC(=N)C(=O)N(c1nsc(N)n1)[C@@H]1C(=O)N2C(C(=O)O)=C(C[N+]34CCC(C(N)=O)(CC3)CC4)CS[C@H]12. The van der Waals surface area contributed by atoms with Crippen molar-refractivity contribution in [3.05, 3.63) is 11.3 Å². The Labute approximate surface area is 219 Å². The highest BCUT2D eigenvalue weighted by molar-refractivity contribution is 8.00. The van der Waals surface area contributed by atoms with Crippen molar-refractivity contribution in [2.45, 2.75) is 30.7 Å². The maximum atomic E-state index is 13.4. The average molecular weight is 552 g/mol. The van der Waals surface area contributed by atoms with E-state index in [0.29, 0.717) is 41.6 Å². The number of carboxylic acid groups (broad SMARTS) is 1. The first-order chi connectivity index (χ1) is 17.5. The Morgan fingerprint density at radius 1 is 1.30 bits per heavy atom. The summed E-state index contributed by atoms with van der Waals surface area (Å²) in [6.45, 7) is 2.64. The number of hydrogen-bond acceptors (Lipinski definition) is 11. The van der Waals surface area contributed by atoms with Gasteiger partial charge in [-0.15, -0.1) is 11.8 Å². The third-order valence-electron chi connectivity index (χ3n) is 8.01. The number of thioether (sulfide) groups is 1. The van der Waals surface area contributed by atoms with Crippen molar-refractivity contribution in [1.82, 2.24) is 14.3 Å². The number of nitrogens with zero attached hydrogens (tertiary/aromatic N) is 5. The Bertz CT molecular complexity index is 1220. The average Bonchev–Trinajstić information content (AvgIpc) is 3.32. The second-order valence-corrected chi connectivity index (χ2v) is 11.7. The van der Waals surface area contributed by atoms with E-state index in [1.165, 1.54) is 16.7 Å². The molecule has 0 aromatic carbocycles. The number of β-lactam (4-membered cyclic amide) rings is 1. The predicted octanol–water partition coefficient (Wildman–Crippen LogP) is -0.815. The molecule has 0 radical (unpaired) electrons. The fourth-order valence-corrected chi connectivity index (χ4v) is 7.63. The van der Waals surface area contributed by atoms with Crippen LogP contribution in [0.2, 0.25) is 0 Å². The number of nitrogens with two attached hydrogens (primary N) is 2. The molecule has 0 spiro atoms. The molecule has 16 heteroatoms. The quantitative estimate of drug-likeness (QED) is 0.150. The summed E-state index contributed by atoms with van der Waals surface area (Å²) in [5, 5.41) is 17.3. The number of carbonyl (C=O) groups is 4. The predicted molar refractivity (Wildman–Crippen MR) is 133 cm³/mol. The fraction of sp³-hybridized carbons (Fsp3) is 0.571. The molecule has 198 valence electrons. The first-order valence-corrected chi connectivity index (χ1v) is 13.4. The second kappa shape index (κ2) is 8.95. The number of ether oxygens (including phenoxy) is 1. The van der Waals surface area contributed by atoms with Crippen LogP contribution in [0.15, 0.2) is 11.3 Å². The Hall–Kier alpha value is -3.24. The number of anilines is 2. The molecule has 4 saturated heterocycles. The minimum atomic E-state index is -1.22. The van der Waals surface area contributed by atoms with Gasteiger partial charge in [-0.1, -0.05) is 0 Å². The summed E-state index contributed by atoms with van der Waals surface area (Å²) < 4.78 is 9.46. The van der Waals surface area contributed by atoms with Crippen molar-refractivity contribution >= 4 is 64.0 Å². The van der Waals surface area contributed by atoms with Gasteiger partial charge < -0.3 is 25.8 Å². The number of aliphatic carboxylic acids is 1. The molecule has 0 aliphatic carbocycles. The first-order valence-electron chi connectivity index (χ1n) is 11.6. The highest BCUT2D eigenvalue weighted by Gasteiger charge is 2.60. The van der Waals surface area contributed by atoms with Gasteiger partial charge in [0.05, 0.1) is 32.2 Å². The number of nitrogens with one attached hydrogen (secondary N) is 1. The summed E-state index contributed by atoms with van der Waals surface area (Å²) in [6, 6.07) is -1.12. The Morgan fingerprint density at radius 3 is 2.46 bits per heavy atom. The van der Waals surface area contributed by atoms with Crippen LogP contribution < -0.4 is 16.4 Å². The van der Waals surface area contributed by atoms with Gasteiger partial charge in [-0.05, 0) is 0 Å². The van der Waals surface area contributed by atoms with E-state index in [-0.39, 0.29) is 22.7 Å². The van der Waals surface area contributed by atoms with Crippen molar-refractivity contribution in [3.63, 3.8) is 0 Å². The number of piperidine rings is 3. The van der Waals surface area contributed by atoms with Crippen LogP contribution in [0.1, 0.15) is 19.3 Å². The number of primary amides is 1. The summed E-state index contributed by atoms with van der Waals surface area (Å²) in [5.41, 5.74) is 11.5. The van der Waals surface area contributed by atoms with Gasteiger partial charge in [-0.25, -0.2) is 4.79 Å². The van der Waals surface area contributed by atoms with Crippen molar-refractivity contribution in [3.8, 4) is 0 Å². The van der Waals surface area contributed by atoms with Gasteiger partial charge in [0, 0.05) is 42.1 Å². The highest BCUT2D eigenvalue weighted by atomic mass is 32.2. The Morgan fingerprint density at radius 2 is 1.95 bits per heavy atom. The smallest absolute Gasteiger partial charge is 0.352 e. The minimum Gasteiger partial charge on any atom is -0.477 e. The van der Waals surface area contributed by atoms with E-state index >= 15 is 0 Å². The largest absolute Gasteiger partial charge is 0.477 e. The third-order valence-corrected chi connectivity index (χ3v) is 9.86. The molecule has 2 atom stereocenters. The summed E-state index contributed by atoms with van der Waals surface area (Å²) in [5.74, 6) is -3.52. The van der Waals surface area contributed by atoms with Gasteiger partial charge in [0.15, 0.2) is 0 Å². The monoisotopic (exact) mass is 551 g/mol.